The van der Waals surface area contributed by atoms with Gasteiger partial charge in [0.05, 0.1) is 34.0 Å². The van der Waals surface area contributed by atoms with Gasteiger partial charge in [0.2, 0.25) is 11.8 Å². The summed E-state index contributed by atoms with van der Waals surface area (Å²) in [7, 11) is 0. The maximum atomic E-state index is 11.8. The number of aromatic nitrogens is 3. The van der Waals surface area contributed by atoms with Crippen LogP contribution in [0, 0.1) is 0 Å². The molecule has 1 amide bonds. The Kier molecular flexibility index (Phi) is 5.51. The van der Waals surface area contributed by atoms with E-state index in [9.17, 15) is 4.79 Å². The lowest BCUT2D eigenvalue weighted by atomic mass is 10.2. The van der Waals surface area contributed by atoms with Crippen molar-refractivity contribution in [1.29, 1.82) is 0 Å². The Bertz CT molecular complexity index is 1070. The monoisotopic (exact) mass is 429 g/mol. The molecule has 1 aliphatic rings. The van der Waals surface area contributed by atoms with Gasteiger partial charge in [-0.1, -0.05) is 35.8 Å². The number of nitrogens with one attached hydrogen (secondary N) is 1. The number of amides is 1. The minimum atomic E-state index is -0.136. The van der Waals surface area contributed by atoms with Crippen LogP contribution in [0.2, 0.25) is 10.0 Å². The molecule has 1 aromatic carbocycles. The summed E-state index contributed by atoms with van der Waals surface area (Å²) in [6.07, 6.45) is 4.96. The molecular weight excluding hydrogens is 413 g/mol. The van der Waals surface area contributed by atoms with Crippen LogP contribution in [0.25, 0.3) is 10.9 Å². The third kappa shape index (κ3) is 4.11. The van der Waals surface area contributed by atoms with E-state index in [4.69, 9.17) is 27.9 Å². The fourth-order valence-corrected chi connectivity index (χ4v) is 3.66. The summed E-state index contributed by atoms with van der Waals surface area (Å²) in [5, 5.41) is 4.84. The molecule has 1 unspecified atom stereocenters. The highest BCUT2D eigenvalue weighted by atomic mass is 35.5. The average Bonchev–Trinajstić information content (AvgIpc) is 3.19. The van der Waals surface area contributed by atoms with Crippen LogP contribution >= 0.6 is 23.2 Å². The van der Waals surface area contributed by atoms with Crippen molar-refractivity contribution in [2.24, 2.45) is 0 Å². The highest BCUT2D eigenvalue weighted by Gasteiger charge is 2.26. The van der Waals surface area contributed by atoms with Gasteiger partial charge >= 0.3 is 0 Å². The first-order valence-electron chi connectivity index (χ1n) is 8.95. The number of carbonyl (C=O) groups excluding carboxylic acids is 1. The summed E-state index contributed by atoms with van der Waals surface area (Å²) in [4.78, 5) is 26.3. The Balaban J connectivity index is 1.60. The first-order valence-corrected chi connectivity index (χ1v) is 9.70. The molecular formula is C20H17Cl2N5O2. The Morgan fingerprint density at radius 2 is 2.07 bits per heavy atom. The first-order chi connectivity index (χ1) is 14.0. The van der Waals surface area contributed by atoms with E-state index >= 15 is 0 Å². The molecule has 2 aromatic heterocycles. The molecule has 9 heteroatoms. The lowest BCUT2D eigenvalue weighted by molar-refractivity contribution is -0.125. The molecule has 3 aromatic rings. The van der Waals surface area contributed by atoms with Crippen LogP contribution in [-0.4, -0.2) is 45.0 Å². The Morgan fingerprint density at radius 3 is 2.83 bits per heavy atom. The second-order valence-electron chi connectivity index (χ2n) is 6.50. The molecule has 0 spiro atoms. The fourth-order valence-electron chi connectivity index (χ4n) is 3.16. The van der Waals surface area contributed by atoms with E-state index in [1.54, 1.807) is 35.4 Å². The molecule has 29 heavy (non-hydrogen) atoms. The van der Waals surface area contributed by atoms with E-state index in [1.165, 1.54) is 12.4 Å². The normalized spacial score (nSPS) is 16.1. The van der Waals surface area contributed by atoms with Crippen LogP contribution in [-0.2, 0) is 4.79 Å². The number of rotatable bonds is 5. The summed E-state index contributed by atoms with van der Waals surface area (Å²) in [5.74, 6) is 0.865. The molecule has 0 saturated carbocycles. The maximum absolute atomic E-state index is 11.8. The zero-order valence-electron chi connectivity index (χ0n) is 15.3. The number of anilines is 2. The Morgan fingerprint density at radius 1 is 1.28 bits per heavy atom. The number of ether oxygens (including phenoxy) is 1. The van der Waals surface area contributed by atoms with Crippen molar-refractivity contribution < 1.29 is 9.53 Å². The van der Waals surface area contributed by atoms with Crippen LogP contribution in [0.3, 0.4) is 0 Å². The SMILES string of the molecule is C=CC(=O)N1CCC(Oc2cc3c(Nc4c(Cl)cccc4Cl)ncnc3cn2)C1. The number of hydrogen-bond acceptors (Lipinski definition) is 6. The number of nitrogens with zero attached hydrogens (tertiary/aromatic N) is 4. The second kappa shape index (κ2) is 8.23. The van der Waals surface area contributed by atoms with Gasteiger partial charge < -0.3 is 15.0 Å². The van der Waals surface area contributed by atoms with Crippen molar-refractivity contribution in [1.82, 2.24) is 19.9 Å². The molecule has 1 atom stereocenters. The van der Waals surface area contributed by atoms with Gasteiger partial charge in [0.1, 0.15) is 18.2 Å². The number of hydrogen-bond donors (Lipinski definition) is 1. The highest BCUT2D eigenvalue weighted by molar-refractivity contribution is 6.39. The molecule has 3 heterocycles. The van der Waals surface area contributed by atoms with Crippen molar-refractivity contribution in [2.75, 3.05) is 18.4 Å². The van der Waals surface area contributed by atoms with E-state index in [0.717, 1.165) is 6.42 Å². The van der Waals surface area contributed by atoms with Crippen LogP contribution in [0.15, 0.2) is 49.4 Å². The number of fused-ring (bicyclic) bond motifs is 1. The molecule has 1 aliphatic heterocycles. The van der Waals surface area contributed by atoms with Gasteiger partial charge in [-0.2, -0.15) is 0 Å². The standard InChI is InChI=1S/C20H17Cl2N5O2/c1-2-18(28)27-7-6-12(10-27)29-17-8-13-16(9-23-17)24-11-25-20(13)26-19-14(21)4-3-5-15(19)22/h2-5,8-9,11-12H,1,6-7,10H2,(H,24,25,26). The van der Waals surface area contributed by atoms with Gasteiger partial charge in [0.15, 0.2) is 0 Å². The fraction of sp³-hybridized carbons (Fsp3) is 0.200. The number of likely N-dealkylation sites (tertiary alicyclic amines) is 1. The number of halogens is 2. The van der Waals surface area contributed by atoms with E-state index in [2.05, 4.69) is 26.8 Å². The third-order valence-corrected chi connectivity index (χ3v) is 5.25. The molecule has 4 rings (SSSR count). The predicted molar refractivity (Wildman–Crippen MR) is 113 cm³/mol. The molecule has 1 saturated heterocycles. The molecule has 0 aliphatic carbocycles. The van der Waals surface area contributed by atoms with Gasteiger partial charge in [0.25, 0.3) is 0 Å². The maximum Gasteiger partial charge on any atom is 0.246 e. The molecule has 7 nitrogen and oxygen atoms in total. The van der Waals surface area contributed by atoms with Crippen molar-refractivity contribution in [3.63, 3.8) is 0 Å². The van der Waals surface area contributed by atoms with Gasteiger partial charge in [-0.25, -0.2) is 15.0 Å². The van der Waals surface area contributed by atoms with Gasteiger partial charge in [-0.15, -0.1) is 0 Å². The lowest BCUT2D eigenvalue weighted by Crippen LogP contribution is -2.29. The van der Waals surface area contributed by atoms with Crippen LogP contribution in [0.1, 0.15) is 6.42 Å². The van der Waals surface area contributed by atoms with Crippen molar-refractivity contribution >= 4 is 51.5 Å². The molecule has 1 N–H and O–H groups in total. The highest BCUT2D eigenvalue weighted by Crippen LogP contribution is 2.34. The van der Waals surface area contributed by atoms with Crippen LogP contribution in [0.4, 0.5) is 11.5 Å². The largest absolute Gasteiger partial charge is 0.472 e. The summed E-state index contributed by atoms with van der Waals surface area (Å²) < 4.78 is 5.99. The summed E-state index contributed by atoms with van der Waals surface area (Å²) in [6, 6.07) is 7.02. The van der Waals surface area contributed by atoms with Crippen LogP contribution in [0.5, 0.6) is 5.88 Å². The molecule has 148 valence electrons. The van der Waals surface area contributed by atoms with E-state index in [0.29, 0.717) is 51.4 Å². The third-order valence-electron chi connectivity index (χ3n) is 4.62. The van der Waals surface area contributed by atoms with Crippen molar-refractivity contribution in [3.05, 3.63) is 59.5 Å². The van der Waals surface area contributed by atoms with Gasteiger partial charge in [-0.3, -0.25) is 4.79 Å². The zero-order chi connectivity index (χ0) is 20.4. The molecule has 0 bridgehead atoms. The lowest BCUT2D eigenvalue weighted by Gasteiger charge is -2.16. The smallest absolute Gasteiger partial charge is 0.246 e. The zero-order valence-corrected chi connectivity index (χ0v) is 16.8. The van der Waals surface area contributed by atoms with Gasteiger partial charge in [-0.05, 0) is 18.2 Å². The first kappa shape index (κ1) is 19.4. The summed E-state index contributed by atoms with van der Waals surface area (Å²) in [6.45, 7) is 4.65. The Labute approximate surface area is 177 Å². The summed E-state index contributed by atoms with van der Waals surface area (Å²) in [5.41, 5.74) is 1.21. The number of para-hydroxylation sites is 1. The number of pyridine rings is 1. The summed E-state index contributed by atoms with van der Waals surface area (Å²) >= 11 is 12.5. The average molecular weight is 430 g/mol. The minimum absolute atomic E-state index is 0.0981. The van der Waals surface area contributed by atoms with Crippen LogP contribution < -0.4 is 10.1 Å². The van der Waals surface area contributed by atoms with Crippen molar-refractivity contribution in [3.8, 4) is 5.88 Å². The van der Waals surface area contributed by atoms with E-state index < -0.39 is 0 Å². The quantitative estimate of drug-likeness (QED) is 0.610. The van der Waals surface area contributed by atoms with Gasteiger partial charge in [0, 0.05) is 24.4 Å². The van der Waals surface area contributed by atoms with E-state index in [1.807, 2.05) is 0 Å². The van der Waals surface area contributed by atoms with E-state index in [-0.39, 0.29) is 12.0 Å². The second-order valence-corrected chi connectivity index (χ2v) is 7.31. The molecule has 1 fully saturated rings. The topological polar surface area (TPSA) is 80.2 Å². The predicted octanol–water partition coefficient (Wildman–Crippen LogP) is 4.24. The molecule has 0 radical (unpaired) electrons. The number of carbonyl (C=O) groups is 1. The number of benzene rings is 1. The minimum Gasteiger partial charge on any atom is -0.472 e. The van der Waals surface area contributed by atoms with Crippen molar-refractivity contribution in [2.45, 2.75) is 12.5 Å². The Hall–Kier alpha value is -2.90.